The first-order valence-corrected chi connectivity index (χ1v) is 6.38. The van der Waals surface area contributed by atoms with Crippen LogP contribution in [0.25, 0.3) is 0 Å². The van der Waals surface area contributed by atoms with Gasteiger partial charge in [0, 0.05) is 13.0 Å². The van der Waals surface area contributed by atoms with Gasteiger partial charge in [0.05, 0.1) is 0 Å². The van der Waals surface area contributed by atoms with Gasteiger partial charge in [0.2, 0.25) is 5.91 Å². The standard InChI is InChI=1S/C8H11N3OS2/c1-2-13-8-10-11-5-3-4-6(12)9-7(11)14-8/h2-5H2,1H3. The van der Waals surface area contributed by atoms with E-state index in [1.807, 2.05) is 5.01 Å². The number of rotatable bonds is 1. The highest BCUT2D eigenvalue weighted by Crippen LogP contribution is 2.29. The molecule has 0 spiro atoms. The summed E-state index contributed by atoms with van der Waals surface area (Å²) in [5, 5.41) is 6.98. The molecule has 0 atom stereocenters. The lowest BCUT2D eigenvalue weighted by atomic mass is 10.3. The molecular formula is C8H11N3OS2. The largest absolute Gasteiger partial charge is 0.273 e. The minimum absolute atomic E-state index is 0.0204. The fraction of sp³-hybridized carbons (Fsp3) is 0.625. The average Bonchev–Trinajstić information content (AvgIpc) is 2.41. The van der Waals surface area contributed by atoms with Crippen molar-refractivity contribution < 1.29 is 4.79 Å². The lowest BCUT2D eigenvalue weighted by molar-refractivity contribution is -0.117. The Kier molecular flexibility index (Phi) is 3.12. The SMILES string of the molecule is CCSC1=NN2CCCC(=O)N=C2S1. The summed E-state index contributed by atoms with van der Waals surface area (Å²) < 4.78 is 1.00. The van der Waals surface area contributed by atoms with Crippen molar-refractivity contribution in [2.75, 3.05) is 12.3 Å². The zero-order valence-electron chi connectivity index (χ0n) is 7.89. The molecule has 0 N–H and O–H groups in total. The lowest BCUT2D eigenvalue weighted by Crippen LogP contribution is -2.18. The third kappa shape index (κ3) is 2.12. The van der Waals surface area contributed by atoms with E-state index in [2.05, 4.69) is 17.0 Å². The Morgan fingerprint density at radius 1 is 1.64 bits per heavy atom. The first kappa shape index (κ1) is 10.0. The zero-order valence-corrected chi connectivity index (χ0v) is 9.53. The van der Waals surface area contributed by atoms with Gasteiger partial charge in [-0.25, -0.2) is 5.01 Å². The molecule has 0 saturated carbocycles. The molecule has 0 aliphatic carbocycles. The van der Waals surface area contributed by atoms with Crippen molar-refractivity contribution in [2.24, 2.45) is 10.1 Å². The average molecular weight is 229 g/mol. The van der Waals surface area contributed by atoms with Crippen LogP contribution in [-0.2, 0) is 4.79 Å². The normalized spacial score (nSPS) is 21.5. The van der Waals surface area contributed by atoms with Crippen molar-refractivity contribution in [2.45, 2.75) is 19.8 Å². The summed E-state index contributed by atoms with van der Waals surface area (Å²) in [7, 11) is 0. The summed E-state index contributed by atoms with van der Waals surface area (Å²) in [6, 6.07) is 0. The number of amides is 1. The van der Waals surface area contributed by atoms with Crippen molar-refractivity contribution >= 4 is 39.0 Å². The quantitative estimate of drug-likeness (QED) is 0.687. The minimum atomic E-state index is -0.0204. The molecule has 0 bridgehead atoms. The Bertz CT molecular complexity index is 314. The molecule has 4 nitrogen and oxygen atoms in total. The summed E-state index contributed by atoms with van der Waals surface area (Å²) >= 11 is 3.20. The molecule has 0 unspecified atom stereocenters. The molecule has 2 aliphatic rings. The Hall–Kier alpha value is -0.490. The molecule has 0 fully saturated rings. The molecule has 0 aromatic heterocycles. The van der Waals surface area contributed by atoms with E-state index < -0.39 is 0 Å². The van der Waals surface area contributed by atoms with Gasteiger partial charge in [-0.3, -0.25) is 4.79 Å². The summed E-state index contributed by atoms with van der Waals surface area (Å²) in [5.41, 5.74) is 0. The Balaban J connectivity index is 2.11. The van der Waals surface area contributed by atoms with Crippen LogP contribution in [0.5, 0.6) is 0 Å². The molecule has 0 radical (unpaired) electrons. The first-order valence-electron chi connectivity index (χ1n) is 4.58. The molecular weight excluding hydrogens is 218 g/mol. The van der Waals surface area contributed by atoms with Crippen molar-refractivity contribution in [3.8, 4) is 0 Å². The molecule has 1 amide bonds. The Morgan fingerprint density at radius 2 is 2.50 bits per heavy atom. The zero-order chi connectivity index (χ0) is 9.97. The summed E-state index contributed by atoms with van der Waals surface area (Å²) in [6.45, 7) is 2.90. The monoisotopic (exact) mass is 229 g/mol. The maximum absolute atomic E-state index is 11.2. The predicted molar refractivity (Wildman–Crippen MR) is 61.5 cm³/mol. The van der Waals surface area contributed by atoms with Crippen LogP contribution in [-0.4, -0.2) is 32.8 Å². The van der Waals surface area contributed by atoms with Crippen molar-refractivity contribution in [3.63, 3.8) is 0 Å². The second-order valence-electron chi connectivity index (χ2n) is 2.92. The van der Waals surface area contributed by atoms with Gasteiger partial charge in [0.1, 0.15) is 0 Å². The summed E-state index contributed by atoms with van der Waals surface area (Å²) in [5.74, 6) is 0.980. The van der Waals surface area contributed by atoms with E-state index >= 15 is 0 Å². The van der Waals surface area contributed by atoms with Crippen LogP contribution in [0.4, 0.5) is 0 Å². The second kappa shape index (κ2) is 4.35. The van der Waals surface area contributed by atoms with Crippen molar-refractivity contribution in [1.82, 2.24) is 5.01 Å². The highest BCUT2D eigenvalue weighted by atomic mass is 32.2. The summed E-state index contributed by atoms with van der Waals surface area (Å²) in [4.78, 5) is 15.2. The molecule has 0 saturated heterocycles. The van der Waals surface area contributed by atoms with Gasteiger partial charge in [-0.2, -0.15) is 10.1 Å². The molecule has 76 valence electrons. The van der Waals surface area contributed by atoms with Crippen molar-refractivity contribution in [3.05, 3.63) is 0 Å². The minimum Gasteiger partial charge on any atom is -0.273 e. The van der Waals surface area contributed by atoms with Gasteiger partial charge >= 0.3 is 0 Å². The lowest BCUT2D eigenvalue weighted by Gasteiger charge is -2.08. The fourth-order valence-corrected chi connectivity index (χ4v) is 3.14. The van der Waals surface area contributed by atoms with Crippen LogP contribution in [0.2, 0.25) is 0 Å². The number of amidine groups is 1. The van der Waals surface area contributed by atoms with E-state index in [0.717, 1.165) is 28.3 Å². The van der Waals surface area contributed by atoms with Gasteiger partial charge in [0.25, 0.3) is 0 Å². The van der Waals surface area contributed by atoms with E-state index in [1.165, 1.54) is 11.8 Å². The molecule has 2 heterocycles. The Morgan fingerprint density at radius 3 is 3.29 bits per heavy atom. The highest BCUT2D eigenvalue weighted by Gasteiger charge is 2.25. The fourth-order valence-electron chi connectivity index (χ4n) is 1.24. The van der Waals surface area contributed by atoms with E-state index in [0.29, 0.717) is 6.42 Å². The molecule has 2 aliphatic heterocycles. The van der Waals surface area contributed by atoms with Gasteiger partial charge in [-0.1, -0.05) is 18.7 Å². The van der Waals surface area contributed by atoms with E-state index in [4.69, 9.17) is 0 Å². The maximum Gasteiger partial charge on any atom is 0.248 e. The van der Waals surface area contributed by atoms with Crippen LogP contribution >= 0.6 is 23.5 Å². The maximum atomic E-state index is 11.2. The van der Waals surface area contributed by atoms with Gasteiger partial charge in [0.15, 0.2) is 9.54 Å². The molecule has 0 aromatic rings. The number of aliphatic imine (C=N–C) groups is 1. The number of fused-ring (bicyclic) bond motifs is 1. The molecule has 2 rings (SSSR count). The summed E-state index contributed by atoms with van der Waals surface area (Å²) in [6.07, 6.45) is 1.40. The van der Waals surface area contributed by atoms with Crippen LogP contribution in [0.1, 0.15) is 19.8 Å². The number of nitrogens with zero attached hydrogens (tertiary/aromatic N) is 3. The molecule has 14 heavy (non-hydrogen) atoms. The van der Waals surface area contributed by atoms with Gasteiger partial charge in [-0.15, -0.1) is 0 Å². The molecule has 0 aromatic carbocycles. The van der Waals surface area contributed by atoms with Gasteiger partial charge in [-0.05, 0) is 23.9 Å². The van der Waals surface area contributed by atoms with Crippen LogP contribution in [0, 0.1) is 0 Å². The number of thioether (sulfide) groups is 2. The van der Waals surface area contributed by atoms with Crippen LogP contribution < -0.4 is 0 Å². The topological polar surface area (TPSA) is 45.0 Å². The van der Waals surface area contributed by atoms with Crippen molar-refractivity contribution in [1.29, 1.82) is 0 Å². The molecule has 6 heteroatoms. The number of hydrogen-bond donors (Lipinski definition) is 0. The van der Waals surface area contributed by atoms with E-state index in [-0.39, 0.29) is 5.91 Å². The number of hydrazone groups is 1. The predicted octanol–water partition coefficient (Wildman–Crippen LogP) is 1.74. The number of hydrogen-bond acceptors (Lipinski definition) is 5. The third-order valence-corrected chi connectivity index (χ3v) is 3.81. The van der Waals surface area contributed by atoms with Crippen LogP contribution in [0.15, 0.2) is 10.1 Å². The van der Waals surface area contributed by atoms with E-state index in [9.17, 15) is 4.79 Å². The number of carbonyl (C=O) groups excluding carboxylic acids is 1. The third-order valence-electron chi connectivity index (χ3n) is 1.85. The Labute approximate surface area is 91.2 Å². The first-order chi connectivity index (χ1) is 6.79. The second-order valence-corrected chi connectivity index (χ2v) is 5.38. The van der Waals surface area contributed by atoms with E-state index in [1.54, 1.807) is 11.8 Å². The number of carbonyl (C=O) groups is 1. The smallest absolute Gasteiger partial charge is 0.248 e. The highest BCUT2D eigenvalue weighted by molar-refractivity contribution is 8.45. The van der Waals surface area contributed by atoms with Crippen LogP contribution in [0.3, 0.4) is 0 Å². The van der Waals surface area contributed by atoms with Gasteiger partial charge < -0.3 is 0 Å².